The monoisotopic (exact) mass is 583 g/mol. The fourth-order valence-electron chi connectivity index (χ4n) is 5.81. The number of carbonyl (C=O) groups is 1. The van der Waals surface area contributed by atoms with Gasteiger partial charge in [-0.1, -0.05) is 18.7 Å². The number of fused-ring (bicyclic) bond motifs is 1. The molecule has 10 nitrogen and oxygen atoms in total. The first kappa shape index (κ1) is 29.9. The maximum Gasteiger partial charge on any atom is 0.328 e. The zero-order chi connectivity index (χ0) is 30.7. The van der Waals surface area contributed by atoms with Crippen LogP contribution < -0.4 is 10.5 Å². The van der Waals surface area contributed by atoms with Crippen molar-refractivity contribution in [2.24, 2.45) is 17.3 Å². The van der Waals surface area contributed by atoms with Crippen LogP contribution in [0.1, 0.15) is 51.1 Å². The van der Waals surface area contributed by atoms with Crippen molar-refractivity contribution in [3.8, 4) is 12.3 Å². The second kappa shape index (κ2) is 12.3. The first-order valence-corrected chi connectivity index (χ1v) is 14.4. The van der Waals surface area contributed by atoms with Crippen LogP contribution in [0.2, 0.25) is 0 Å². The first-order valence-electron chi connectivity index (χ1n) is 14.4. The molecule has 0 radical (unpaired) electrons. The van der Waals surface area contributed by atoms with Crippen molar-refractivity contribution in [2.75, 3.05) is 24.6 Å². The minimum Gasteiger partial charge on any atom is -0.464 e. The predicted molar refractivity (Wildman–Crippen MR) is 161 cm³/mol. The topological polar surface area (TPSA) is 96.8 Å². The number of ether oxygens (including phenoxy) is 1. The molecule has 3 atom stereocenters. The predicted octanol–water partition coefficient (Wildman–Crippen LogP) is 5.16. The standard InChI is InChI=1S/C32H34FN7O3/c1-6-7-15-32(36-37-32)16-8-17-43-31(42)30(23-9-11-24(33)12-10-23)40-20-21(2)39(19-22(40)3)26-18-28(41)38(5)25-13-14-27(34-4)35-29(25)26/h1,9-14,18,21-22,30H,7-8,15-17,19-20H2,2-3,5H3/t21-,22+,30?/m0/s1. The Morgan fingerprint density at radius 1 is 1.19 bits per heavy atom. The summed E-state index contributed by atoms with van der Waals surface area (Å²) < 4.78 is 21.2. The highest BCUT2D eigenvalue weighted by Gasteiger charge is 2.40. The molecule has 1 fully saturated rings. The number of aromatic nitrogens is 2. The van der Waals surface area contributed by atoms with Crippen molar-refractivity contribution >= 4 is 28.5 Å². The van der Waals surface area contributed by atoms with E-state index < -0.39 is 17.7 Å². The van der Waals surface area contributed by atoms with E-state index in [1.54, 1.807) is 37.4 Å². The largest absolute Gasteiger partial charge is 0.464 e. The van der Waals surface area contributed by atoms with E-state index in [1.165, 1.54) is 16.7 Å². The molecule has 2 aliphatic rings. The average Bonchev–Trinajstić information content (AvgIpc) is 3.78. The highest BCUT2D eigenvalue weighted by molar-refractivity contribution is 5.90. The number of benzene rings is 1. The Hall–Kier alpha value is -4.61. The van der Waals surface area contributed by atoms with Crippen molar-refractivity contribution in [1.29, 1.82) is 0 Å². The quantitative estimate of drug-likeness (QED) is 0.142. The molecule has 5 rings (SSSR count). The van der Waals surface area contributed by atoms with Gasteiger partial charge in [-0.3, -0.25) is 9.69 Å². The minimum atomic E-state index is -0.752. The van der Waals surface area contributed by atoms with Crippen molar-refractivity contribution < 1.29 is 13.9 Å². The van der Waals surface area contributed by atoms with E-state index in [9.17, 15) is 14.0 Å². The van der Waals surface area contributed by atoms with Gasteiger partial charge in [-0.2, -0.15) is 10.2 Å². The third kappa shape index (κ3) is 6.27. The van der Waals surface area contributed by atoms with Crippen molar-refractivity contribution in [3.05, 3.63) is 75.6 Å². The van der Waals surface area contributed by atoms with Crippen LogP contribution in [0.3, 0.4) is 0 Å². The number of piperazine rings is 1. The zero-order valence-electron chi connectivity index (χ0n) is 24.5. The summed E-state index contributed by atoms with van der Waals surface area (Å²) in [7, 11) is 1.68. The molecule has 1 saturated heterocycles. The van der Waals surface area contributed by atoms with Crippen LogP contribution >= 0.6 is 0 Å². The van der Waals surface area contributed by atoms with Crippen molar-refractivity contribution in [2.45, 2.75) is 63.3 Å². The van der Waals surface area contributed by atoms with E-state index >= 15 is 0 Å². The van der Waals surface area contributed by atoms with Crippen LogP contribution in [-0.2, 0) is 16.6 Å². The van der Waals surface area contributed by atoms with E-state index in [2.05, 4.69) is 35.8 Å². The number of hydrogen-bond donors (Lipinski definition) is 0. The number of aryl methyl sites for hydroxylation is 1. The smallest absolute Gasteiger partial charge is 0.328 e. The number of halogens is 1. The van der Waals surface area contributed by atoms with E-state index in [4.69, 9.17) is 17.7 Å². The second-order valence-electron chi connectivity index (χ2n) is 11.2. The van der Waals surface area contributed by atoms with Gasteiger partial charge in [0.2, 0.25) is 5.52 Å². The molecule has 222 valence electrons. The molecule has 0 amide bonds. The summed E-state index contributed by atoms with van der Waals surface area (Å²) in [5.74, 6) is 2.06. The summed E-state index contributed by atoms with van der Waals surface area (Å²) in [4.78, 5) is 38.7. The number of esters is 1. The third-order valence-electron chi connectivity index (χ3n) is 8.27. The second-order valence-corrected chi connectivity index (χ2v) is 11.2. The van der Waals surface area contributed by atoms with Crippen LogP contribution in [0, 0.1) is 24.7 Å². The summed E-state index contributed by atoms with van der Waals surface area (Å²) in [5, 5.41) is 8.28. The Bertz CT molecular complexity index is 1680. The lowest BCUT2D eigenvalue weighted by Gasteiger charge is -2.47. The molecule has 11 heteroatoms. The lowest BCUT2D eigenvalue weighted by Crippen LogP contribution is -2.58. The van der Waals surface area contributed by atoms with Gasteiger partial charge in [0.05, 0.1) is 17.8 Å². The minimum absolute atomic E-state index is 0.130. The van der Waals surface area contributed by atoms with E-state index in [-0.39, 0.29) is 35.9 Å². The molecule has 0 saturated carbocycles. The third-order valence-corrected chi connectivity index (χ3v) is 8.27. The van der Waals surface area contributed by atoms with Gasteiger partial charge in [0.15, 0.2) is 5.66 Å². The summed E-state index contributed by atoms with van der Waals surface area (Å²) >= 11 is 0. The van der Waals surface area contributed by atoms with Crippen LogP contribution in [0.4, 0.5) is 15.9 Å². The van der Waals surface area contributed by atoms with Gasteiger partial charge >= 0.3 is 5.97 Å². The lowest BCUT2D eigenvalue weighted by molar-refractivity contribution is -0.152. The summed E-state index contributed by atoms with van der Waals surface area (Å²) in [6.07, 6.45) is 7.90. The molecule has 43 heavy (non-hydrogen) atoms. The molecule has 0 N–H and O–H groups in total. The van der Waals surface area contributed by atoms with Gasteiger partial charge in [0.25, 0.3) is 11.4 Å². The molecule has 2 aliphatic heterocycles. The van der Waals surface area contributed by atoms with Gasteiger partial charge in [0.1, 0.15) is 11.9 Å². The fraction of sp³-hybridized carbons (Fsp3) is 0.438. The maximum atomic E-state index is 13.9. The molecule has 3 aromatic rings. The van der Waals surface area contributed by atoms with Gasteiger partial charge in [-0.05, 0) is 56.5 Å². The Morgan fingerprint density at radius 2 is 1.93 bits per heavy atom. The molecule has 0 aliphatic carbocycles. The average molecular weight is 584 g/mol. The van der Waals surface area contributed by atoms with E-state index in [0.717, 1.165) is 0 Å². The molecule has 0 bridgehead atoms. The highest BCUT2D eigenvalue weighted by Crippen LogP contribution is 2.38. The number of nitrogens with zero attached hydrogens (tertiary/aromatic N) is 7. The Morgan fingerprint density at radius 3 is 2.60 bits per heavy atom. The normalized spacial score (nSPS) is 19.9. The lowest BCUT2D eigenvalue weighted by atomic mass is 9.98. The number of rotatable bonds is 10. The van der Waals surface area contributed by atoms with E-state index in [1.807, 2.05) is 13.8 Å². The summed E-state index contributed by atoms with van der Waals surface area (Å²) in [6, 6.07) is 9.79. The Labute approximate surface area is 250 Å². The molecular formula is C32H34FN7O3. The van der Waals surface area contributed by atoms with Crippen LogP contribution in [0.5, 0.6) is 0 Å². The van der Waals surface area contributed by atoms with Crippen molar-refractivity contribution in [1.82, 2.24) is 14.5 Å². The molecule has 1 unspecified atom stereocenters. The number of anilines is 1. The molecular weight excluding hydrogens is 549 g/mol. The summed E-state index contributed by atoms with van der Waals surface area (Å²) in [6.45, 7) is 12.6. The van der Waals surface area contributed by atoms with Crippen LogP contribution in [-0.4, -0.2) is 57.9 Å². The SMILES string of the molecule is [C-]#[N+]c1ccc2c(n1)c(N1C[C@@H](C)N(C(C(=O)OCCCC3(CCC#C)N=N3)c3ccc(F)cc3)C[C@@H]1C)cc(=O)n2C. The van der Waals surface area contributed by atoms with Gasteiger partial charge in [-0.25, -0.2) is 9.18 Å². The Kier molecular flexibility index (Phi) is 8.56. The molecule has 2 aromatic heterocycles. The Balaban J connectivity index is 1.37. The maximum absolute atomic E-state index is 13.9. The van der Waals surface area contributed by atoms with Gasteiger partial charge in [0, 0.05) is 51.1 Å². The van der Waals surface area contributed by atoms with Gasteiger partial charge < -0.3 is 19.0 Å². The summed E-state index contributed by atoms with van der Waals surface area (Å²) in [5.41, 5.74) is 1.88. The molecule has 4 heterocycles. The zero-order valence-corrected chi connectivity index (χ0v) is 24.5. The first-order chi connectivity index (χ1) is 20.7. The van der Waals surface area contributed by atoms with Gasteiger partial charge in [-0.15, -0.1) is 17.3 Å². The van der Waals surface area contributed by atoms with Crippen LogP contribution in [0.25, 0.3) is 15.9 Å². The van der Waals surface area contributed by atoms with Crippen LogP contribution in [0.15, 0.2) is 57.5 Å². The number of hydrogen-bond acceptors (Lipinski definition) is 8. The fourth-order valence-corrected chi connectivity index (χ4v) is 5.81. The van der Waals surface area contributed by atoms with E-state index in [0.29, 0.717) is 61.1 Å². The number of pyridine rings is 2. The molecule has 0 spiro atoms. The molecule has 1 aromatic carbocycles. The number of terminal acetylenes is 1. The van der Waals surface area contributed by atoms with Crippen molar-refractivity contribution in [3.63, 3.8) is 0 Å². The number of carbonyl (C=O) groups excluding carboxylic acids is 1. The highest BCUT2D eigenvalue weighted by atomic mass is 19.1.